The van der Waals surface area contributed by atoms with Crippen molar-refractivity contribution in [2.45, 2.75) is 13.1 Å². The van der Waals surface area contributed by atoms with Crippen molar-refractivity contribution < 1.29 is 27.5 Å². The van der Waals surface area contributed by atoms with Crippen LogP contribution in [-0.4, -0.2) is 23.6 Å². The zero-order chi connectivity index (χ0) is 19.0. The Hall–Kier alpha value is -3.00. The van der Waals surface area contributed by atoms with Gasteiger partial charge in [-0.15, -0.1) is 0 Å². The molecule has 1 heterocycles. The van der Waals surface area contributed by atoms with E-state index in [4.69, 9.17) is 16.9 Å². The quantitative estimate of drug-likeness (QED) is 0.409. The highest BCUT2D eigenvalue weighted by Crippen LogP contribution is 2.32. The third kappa shape index (κ3) is 6.19. The normalized spacial score (nSPS) is 11.3. The molecule has 0 aliphatic heterocycles. The van der Waals surface area contributed by atoms with Crippen LogP contribution in [0.15, 0.2) is 24.0 Å². The van der Waals surface area contributed by atoms with Gasteiger partial charge in [0.2, 0.25) is 0 Å². The van der Waals surface area contributed by atoms with E-state index in [0.717, 1.165) is 6.20 Å². The fourth-order valence-corrected chi connectivity index (χ4v) is 1.55. The Labute approximate surface area is 144 Å². The number of hydrogen-bond acceptors (Lipinski definition) is 7. The first-order valence-corrected chi connectivity index (χ1v) is 6.89. The molecule has 0 bridgehead atoms. The zero-order valence-corrected chi connectivity index (χ0v) is 13.3. The monoisotopic (exact) mass is 377 g/mol. The Balaban J connectivity index is 2.73. The maximum atomic E-state index is 12.5. The second-order valence-corrected chi connectivity index (χ2v) is 4.57. The molecule has 0 aliphatic rings. The number of alkyl carbamates (subject to hydrolysis) is 1. The van der Waals surface area contributed by atoms with E-state index in [1.165, 1.54) is 13.0 Å². The van der Waals surface area contributed by atoms with E-state index in [1.807, 2.05) is 0 Å². The first-order chi connectivity index (χ1) is 11.7. The van der Waals surface area contributed by atoms with Gasteiger partial charge in [0.25, 0.3) is 5.91 Å². The van der Waals surface area contributed by atoms with Gasteiger partial charge >= 0.3 is 12.3 Å². The Bertz CT molecular complexity index is 731. The van der Waals surface area contributed by atoms with Crippen molar-refractivity contribution in [3.8, 4) is 6.07 Å². The Morgan fingerprint density at radius 1 is 1.48 bits per heavy atom. The smallest absolute Gasteiger partial charge is 0.417 e. The molecule has 12 heteroatoms. The lowest BCUT2D eigenvalue weighted by Crippen LogP contribution is -2.32. The number of amides is 2. The van der Waals surface area contributed by atoms with Crippen LogP contribution < -0.4 is 16.2 Å². The summed E-state index contributed by atoms with van der Waals surface area (Å²) in [6.45, 7) is 1.56. The number of carbonyl (C=O) groups excluding carboxylic acids is 2. The summed E-state index contributed by atoms with van der Waals surface area (Å²) in [5.74, 6) is -1.21. The van der Waals surface area contributed by atoms with Gasteiger partial charge in [-0.1, -0.05) is 11.6 Å². The number of imide groups is 1. The highest BCUT2D eigenvalue weighted by Gasteiger charge is 2.31. The minimum Gasteiger partial charge on any atom is -0.450 e. The zero-order valence-electron chi connectivity index (χ0n) is 12.6. The van der Waals surface area contributed by atoms with Gasteiger partial charge in [0, 0.05) is 12.4 Å². The molecule has 3 N–H and O–H groups in total. The molecule has 0 saturated carbocycles. The average Bonchev–Trinajstić information content (AvgIpc) is 2.51. The molecule has 0 unspecified atom stereocenters. The molecule has 8 nitrogen and oxygen atoms in total. The summed E-state index contributed by atoms with van der Waals surface area (Å²) in [7, 11) is 0. The van der Waals surface area contributed by atoms with Crippen molar-refractivity contribution in [1.29, 1.82) is 5.26 Å². The van der Waals surface area contributed by atoms with Gasteiger partial charge < -0.3 is 10.2 Å². The number of aromatic nitrogens is 1. The molecule has 1 aromatic rings. The summed E-state index contributed by atoms with van der Waals surface area (Å²) < 4.78 is 41.9. The minimum atomic E-state index is -4.60. The number of nitrogens with zero attached hydrogens (tertiary/aromatic N) is 2. The molecule has 1 rings (SSSR count). The molecule has 0 atom stereocenters. The maximum absolute atomic E-state index is 12.5. The maximum Gasteiger partial charge on any atom is 0.417 e. The molecule has 0 aromatic carbocycles. The van der Waals surface area contributed by atoms with Gasteiger partial charge in [-0.2, -0.15) is 18.4 Å². The largest absolute Gasteiger partial charge is 0.450 e. The molecular formula is C13H11ClF3N5O3. The molecule has 1 aromatic heterocycles. The number of anilines is 1. The Morgan fingerprint density at radius 2 is 2.16 bits per heavy atom. The second kappa shape index (κ2) is 8.74. The summed E-state index contributed by atoms with van der Waals surface area (Å²) in [5, 5.41) is 10.3. The number of ether oxygens (including phenoxy) is 1. The highest BCUT2D eigenvalue weighted by molar-refractivity contribution is 6.32. The number of hydrogen-bond donors (Lipinski definition) is 3. The number of nitrogens with one attached hydrogen (secondary N) is 3. The molecule has 0 fully saturated rings. The fourth-order valence-electron chi connectivity index (χ4n) is 1.34. The standard InChI is InChI=1S/C13H11ClF3N5O3/c1-2-25-12(24)21-11(23)7(4-18)5-20-22-10-9(14)3-8(6-19-10)13(15,16)17/h3,5-6,20H,2H2,1H3,(H,19,22)(H,21,23,24)/b7-5-. The van der Waals surface area contributed by atoms with Crippen molar-refractivity contribution in [2.75, 3.05) is 12.0 Å². The first kappa shape index (κ1) is 20.0. The van der Waals surface area contributed by atoms with Crippen molar-refractivity contribution in [3.63, 3.8) is 0 Å². The molecular weight excluding hydrogens is 367 g/mol. The third-order valence-electron chi connectivity index (χ3n) is 2.43. The van der Waals surface area contributed by atoms with Crippen LogP contribution in [0.1, 0.15) is 12.5 Å². The third-order valence-corrected chi connectivity index (χ3v) is 2.72. The van der Waals surface area contributed by atoms with Gasteiger partial charge in [0.15, 0.2) is 5.82 Å². The summed E-state index contributed by atoms with van der Waals surface area (Å²) in [4.78, 5) is 26.1. The minimum absolute atomic E-state index is 0.0304. The number of pyridine rings is 1. The summed E-state index contributed by atoms with van der Waals surface area (Å²) in [6, 6.07) is 2.17. The predicted octanol–water partition coefficient (Wildman–Crippen LogP) is 2.35. The molecule has 0 saturated heterocycles. The number of alkyl halides is 3. The van der Waals surface area contributed by atoms with Crippen LogP contribution in [-0.2, 0) is 15.7 Å². The molecule has 134 valence electrons. The van der Waals surface area contributed by atoms with Crippen LogP contribution in [0.4, 0.5) is 23.8 Å². The lowest BCUT2D eigenvalue weighted by Gasteiger charge is -2.10. The molecule has 25 heavy (non-hydrogen) atoms. The highest BCUT2D eigenvalue weighted by atomic mass is 35.5. The molecule has 0 aliphatic carbocycles. The van der Waals surface area contributed by atoms with Gasteiger partial charge in [-0.3, -0.25) is 15.5 Å². The molecule has 0 radical (unpaired) electrons. The van der Waals surface area contributed by atoms with E-state index >= 15 is 0 Å². The number of nitriles is 1. The Morgan fingerprint density at radius 3 is 2.68 bits per heavy atom. The number of halogens is 4. The van der Waals surface area contributed by atoms with Gasteiger partial charge in [-0.05, 0) is 13.0 Å². The van der Waals surface area contributed by atoms with Crippen molar-refractivity contribution in [2.24, 2.45) is 0 Å². The van der Waals surface area contributed by atoms with Crippen LogP contribution >= 0.6 is 11.6 Å². The van der Waals surface area contributed by atoms with E-state index in [9.17, 15) is 22.8 Å². The van der Waals surface area contributed by atoms with E-state index < -0.39 is 29.3 Å². The fraction of sp³-hybridized carbons (Fsp3) is 0.231. The first-order valence-electron chi connectivity index (χ1n) is 6.51. The van der Waals surface area contributed by atoms with Crippen LogP contribution in [0.2, 0.25) is 5.02 Å². The molecule has 2 amide bonds. The summed E-state index contributed by atoms with van der Waals surface area (Å²) in [5.41, 5.74) is 3.02. The van der Waals surface area contributed by atoms with Gasteiger partial charge in [0.05, 0.1) is 17.2 Å². The van der Waals surface area contributed by atoms with Crippen molar-refractivity contribution in [1.82, 2.24) is 15.7 Å². The lowest BCUT2D eigenvalue weighted by atomic mass is 10.3. The van der Waals surface area contributed by atoms with E-state index in [0.29, 0.717) is 12.3 Å². The summed E-state index contributed by atoms with van der Waals surface area (Å²) in [6.07, 6.45) is -4.21. The van der Waals surface area contributed by atoms with Gasteiger partial charge in [0.1, 0.15) is 11.6 Å². The topological polar surface area (TPSA) is 116 Å². The van der Waals surface area contributed by atoms with Crippen LogP contribution in [0.3, 0.4) is 0 Å². The number of hydrazine groups is 1. The SMILES string of the molecule is CCOC(=O)NC(=O)/C(C#N)=C\NNc1ncc(C(F)(F)F)cc1Cl. The van der Waals surface area contributed by atoms with E-state index in [2.05, 4.69) is 20.6 Å². The molecule has 0 spiro atoms. The summed E-state index contributed by atoms with van der Waals surface area (Å²) >= 11 is 5.66. The number of rotatable bonds is 5. The average molecular weight is 378 g/mol. The predicted molar refractivity (Wildman–Crippen MR) is 79.9 cm³/mol. The van der Waals surface area contributed by atoms with Crippen LogP contribution in [0, 0.1) is 11.3 Å². The Kier molecular flexibility index (Phi) is 7.01. The second-order valence-electron chi connectivity index (χ2n) is 4.17. The van der Waals surface area contributed by atoms with Gasteiger partial charge in [-0.25, -0.2) is 9.78 Å². The lowest BCUT2D eigenvalue weighted by molar-refractivity contribution is -0.137. The van der Waals surface area contributed by atoms with E-state index in [1.54, 1.807) is 5.32 Å². The van der Waals surface area contributed by atoms with Crippen LogP contribution in [0.25, 0.3) is 0 Å². The van der Waals surface area contributed by atoms with Crippen LogP contribution in [0.5, 0.6) is 0 Å². The number of carbonyl (C=O) groups is 2. The van der Waals surface area contributed by atoms with E-state index in [-0.39, 0.29) is 17.4 Å². The van der Waals surface area contributed by atoms with Crippen molar-refractivity contribution in [3.05, 3.63) is 34.6 Å². The van der Waals surface area contributed by atoms with Crippen molar-refractivity contribution >= 4 is 29.4 Å².